The van der Waals surface area contributed by atoms with E-state index >= 15 is 0 Å². The predicted octanol–water partition coefficient (Wildman–Crippen LogP) is 2.51. The molecule has 0 saturated carbocycles. The average Bonchev–Trinajstić information content (AvgIpc) is 2.53. The average molecular weight is 323 g/mol. The fourth-order valence-corrected chi connectivity index (χ4v) is 3.10. The summed E-state index contributed by atoms with van der Waals surface area (Å²) in [5.41, 5.74) is 0.400. The van der Waals surface area contributed by atoms with Crippen molar-refractivity contribution in [2.24, 2.45) is 0 Å². The molecule has 0 heterocycles. The molecule has 0 saturated heterocycles. The van der Waals surface area contributed by atoms with E-state index in [1.807, 2.05) is 0 Å². The largest absolute Gasteiger partial charge is 0.497 e. The van der Waals surface area contributed by atoms with Crippen molar-refractivity contribution in [3.8, 4) is 17.2 Å². The quantitative estimate of drug-likeness (QED) is 0.884. The van der Waals surface area contributed by atoms with Crippen LogP contribution >= 0.6 is 0 Å². The zero-order valence-electron chi connectivity index (χ0n) is 12.5. The summed E-state index contributed by atoms with van der Waals surface area (Å²) in [4.78, 5) is 0.0265. The highest BCUT2D eigenvalue weighted by Crippen LogP contribution is 2.30. The fourth-order valence-electron chi connectivity index (χ4n) is 1.89. The Hall–Kier alpha value is -2.41. The van der Waals surface area contributed by atoms with Gasteiger partial charge < -0.3 is 14.2 Å². The second kappa shape index (κ2) is 6.57. The first-order valence-corrected chi connectivity index (χ1v) is 7.87. The molecule has 0 unspecified atom stereocenters. The van der Waals surface area contributed by atoms with Crippen molar-refractivity contribution in [3.63, 3.8) is 0 Å². The number of rotatable bonds is 6. The molecule has 0 aliphatic rings. The number of hydrogen-bond donors (Lipinski definition) is 1. The van der Waals surface area contributed by atoms with Crippen molar-refractivity contribution >= 4 is 15.7 Å². The molecule has 2 aromatic carbocycles. The lowest BCUT2D eigenvalue weighted by Crippen LogP contribution is -2.14. The molecule has 7 heteroatoms. The molecule has 22 heavy (non-hydrogen) atoms. The number of ether oxygens (including phenoxy) is 3. The number of anilines is 1. The van der Waals surface area contributed by atoms with E-state index < -0.39 is 10.0 Å². The summed E-state index contributed by atoms with van der Waals surface area (Å²) in [6.07, 6.45) is 0. The Labute approximate surface area is 129 Å². The van der Waals surface area contributed by atoms with Gasteiger partial charge in [-0.25, -0.2) is 8.42 Å². The zero-order chi connectivity index (χ0) is 16.2. The standard InChI is InChI=1S/C15H17NO5S/c1-19-12-6-4-5-11(9-12)16-22(17,18)15-8-7-13(20-2)10-14(15)21-3/h4-10,16H,1-3H3. The SMILES string of the molecule is COc1cccc(NS(=O)(=O)c2ccc(OC)cc2OC)c1. The molecule has 0 bridgehead atoms. The minimum absolute atomic E-state index is 0.0265. The van der Waals surface area contributed by atoms with Crippen LogP contribution in [0.15, 0.2) is 47.4 Å². The highest BCUT2D eigenvalue weighted by molar-refractivity contribution is 7.92. The van der Waals surface area contributed by atoms with E-state index in [1.165, 1.54) is 33.5 Å². The first kappa shape index (κ1) is 16.0. The van der Waals surface area contributed by atoms with E-state index in [-0.39, 0.29) is 10.6 Å². The molecular formula is C15H17NO5S. The Morgan fingerprint density at radius 3 is 2.18 bits per heavy atom. The van der Waals surface area contributed by atoms with Crippen molar-refractivity contribution in [1.82, 2.24) is 0 Å². The van der Waals surface area contributed by atoms with Crippen LogP contribution in [0.25, 0.3) is 0 Å². The van der Waals surface area contributed by atoms with Gasteiger partial charge in [0.2, 0.25) is 0 Å². The minimum Gasteiger partial charge on any atom is -0.497 e. The van der Waals surface area contributed by atoms with Crippen LogP contribution < -0.4 is 18.9 Å². The molecule has 118 valence electrons. The van der Waals surface area contributed by atoms with Gasteiger partial charge >= 0.3 is 0 Å². The smallest absolute Gasteiger partial charge is 0.265 e. The van der Waals surface area contributed by atoms with Crippen LogP contribution in [0, 0.1) is 0 Å². The maximum absolute atomic E-state index is 12.5. The van der Waals surface area contributed by atoms with Gasteiger partial charge in [-0.3, -0.25) is 4.72 Å². The molecule has 0 radical (unpaired) electrons. The van der Waals surface area contributed by atoms with Crippen LogP contribution in [0.4, 0.5) is 5.69 Å². The molecule has 2 rings (SSSR count). The van der Waals surface area contributed by atoms with Gasteiger partial charge in [0.1, 0.15) is 22.1 Å². The van der Waals surface area contributed by atoms with Crippen LogP contribution in [0.1, 0.15) is 0 Å². The summed E-state index contributed by atoms with van der Waals surface area (Å²) in [5.74, 6) is 1.27. The van der Waals surface area contributed by atoms with Crippen LogP contribution in [0.2, 0.25) is 0 Å². The highest BCUT2D eigenvalue weighted by Gasteiger charge is 2.20. The van der Waals surface area contributed by atoms with Crippen LogP contribution in [0.3, 0.4) is 0 Å². The maximum atomic E-state index is 12.5. The van der Waals surface area contributed by atoms with Gasteiger partial charge in [-0.05, 0) is 24.3 Å². The van der Waals surface area contributed by atoms with Crippen LogP contribution in [-0.4, -0.2) is 29.7 Å². The van der Waals surface area contributed by atoms with Gasteiger partial charge in [-0.2, -0.15) is 0 Å². The first-order chi connectivity index (χ1) is 10.5. The lowest BCUT2D eigenvalue weighted by Gasteiger charge is -2.13. The van der Waals surface area contributed by atoms with Gasteiger partial charge in [0.15, 0.2) is 0 Å². The van der Waals surface area contributed by atoms with Crippen LogP contribution in [-0.2, 0) is 10.0 Å². The third-order valence-corrected chi connectivity index (χ3v) is 4.40. The molecular weight excluding hydrogens is 306 g/mol. The summed E-state index contributed by atoms with van der Waals surface area (Å²) in [5, 5.41) is 0. The number of nitrogens with one attached hydrogen (secondary N) is 1. The second-order valence-corrected chi connectivity index (χ2v) is 6.01. The van der Waals surface area contributed by atoms with E-state index in [2.05, 4.69) is 4.72 Å². The topological polar surface area (TPSA) is 73.9 Å². The van der Waals surface area contributed by atoms with E-state index in [4.69, 9.17) is 14.2 Å². The van der Waals surface area contributed by atoms with E-state index in [1.54, 1.807) is 30.3 Å². The van der Waals surface area contributed by atoms with E-state index in [9.17, 15) is 8.42 Å². The molecule has 2 aromatic rings. The van der Waals surface area contributed by atoms with Crippen molar-refractivity contribution in [2.45, 2.75) is 4.90 Å². The third kappa shape index (κ3) is 3.43. The number of hydrogen-bond acceptors (Lipinski definition) is 5. The van der Waals surface area contributed by atoms with Gasteiger partial charge in [0.05, 0.1) is 27.0 Å². The Morgan fingerprint density at radius 1 is 0.864 bits per heavy atom. The number of benzene rings is 2. The summed E-state index contributed by atoms with van der Waals surface area (Å²) >= 11 is 0. The Morgan fingerprint density at radius 2 is 1.55 bits per heavy atom. The van der Waals surface area contributed by atoms with Crippen molar-refractivity contribution in [1.29, 1.82) is 0 Å². The van der Waals surface area contributed by atoms with Crippen molar-refractivity contribution in [3.05, 3.63) is 42.5 Å². The van der Waals surface area contributed by atoms with Crippen molar-refractivity contribution < 1.29 is 22.6 Å². The molecule has 6 nitrogen and oxygen atoms in total. The summed E-state index contributed by atoms with van der Waals surface area (Å²) in [6, 6.07) is 11.2. The van der Waals surface area contributed by atoms with Crippen LogP contribution in [0.5, 0.6) is 17.2 Å². The van der Waals surface area contributed by atoms with Crippen molar-refractivity contribution in [2.75, 3.05) is 26.1 Å². The monoisotopic (exact) mass is 323 g/mol. The van der Waals surface area contributed by atoms with E-state index in [0.717, 1.165) is 0 Å². The Kier molecular flexibility index (Phi) is 4.77. The lowest BCUT2D eigenvalue weighted by molar-refractivity contribution is 0.386. The Balaban J connectivity index is 2.37. The number of methoxy groups -OCH3 is 3. The normalized spacial score (nSPS) is 10.9. The minimum atomic E-state index is -3.79. The molecule has 0 amide bonds. The van der Waals surface area contributed by atoms with Gasteiger partial charge in [0.25, 0.3) is 10.0 Å². The lowest BCUT2D eigenvalue weighted by atomic mass is 10.3. The third-order valence-electron chi connectivity index (χ3n) is 2.98. The molecule has 0 aliphatic heterocycles. The van der Waals surface area contributed by atoms with Gasteiger partial charge in [-0.1, -0.05) is 6.07 Å². The van der Waals surface area contributed by atoms with Gasteiger partial charge in [0, 0.05) is 12.1 Å². The highest BCUT2D eigenvalue weighted by atomic mass is 32.2. The molecule has 0 fully saturated rings. The molecule has 0 atom stereocenters. The number of sulfonamides is 1. The second-order valence-electron chi connectivity index (χ2n) is 4.35. The molecule has 1 N–H and O–H groups in total. The maximum Gasteiger partial charge on any atom is 0.265 e. The molecule has 0 aliphatic carbocycles. The van der Waals surface area contributed by atoms with E-state index in [0.29, 0.717) is 17.2 Å². The zero-order valence-corrected chi connectivity index (χ0v) is 13.3. The summed E-state index contributed by atoms with van der Waals surface area (Å²) in [6.45, 7) is 0. The predicted molar refractivity (Wildman–Crippen MR) is 83.3 cm³/mol. The molecule has 0 aromatic heterocycles. The van der Waals surface area contributed by atoms with Gasteiger partial charge in [-0.15, -0.1) is 0 Å². The molecule has 0 spiro atoms. The summed E-state index contributed by atoms with van der Waals surface area (Å²) < 4.78 is 42.8. The fraction of sp³-hybridized carbons (Fsp3) is 0.200. The Bertz CT molecular complexity index is 758. The summed E-state index contributed by atoms with van der Waals surface area (Å²) in [7, 11) is 0.621. The first-order valence-electron chi connectivity index (χ1n) is 6.39.